The van der Waals surface area contributed by atoms with Gasteiger partial charge in [0.25, 0.3) is 0 Å². The van der Waals surface area contributed by atoms with Crippen molar-refractivity contribution in [3.05, 3.63) is 76.4 Å². The van der Waals surface area contributed by atoms with E-state index in [4.69, 9.17) is 9.84 Å². The number of hydrogen-bond donors (Lipinski definition) is 1. The van der Waals surface area contributed by atoms with Crippen molar-refractivity contribution in [1.82, 2.24) is 0 Å². The lowest BCUT2D eigenvalue weighted by Gasteiger charge is -2.11. The van der Waals surface area contributed by atoms with Gasteiger partial charge in [-0.1, -0.05) is 18.2 Å². The first-order chi connectivity index (χ1) is 14.1. The van der Waals surface area contributed by atoms with E-state index >= 15 is 0 Å². The zero-order valence-electron chi connectivity index (χ0n) is 16.1. The van der Waals surface area contributed by atoms with Crippen molar-refractivity contribution in [3.63, 3.8) is 0 Å². The van der Waals surface area contributed by atoms with Crippen molar-refractivity contribution in [2.45, 2.75) is 44.6 Å². The first-order valence-electron chi connectivity index (χ1n) is 9.90. The smallest absolute Gasteiger partial charge is 0.303 e. The van der Waals surface area contributed by atoms with Gasteiger partial charge in [0.1, 0.15) is 18.2 Å². The summed E-state index contributed by atoms with van der Waals surface area (Å²) in [6, 6.07) is 16.9. The maximum atomic E-state index is 13.9. The molecule has 0 aliphatic heterocycles. The minimum atomic E-state index is -0.772. The molecule has 3 aromatic rings. The number of halogens is 1. The Morgan fingerprint density at radius 2 is 1.90 bits per heavy atom. The van der Waals surface area contributed by atoms with Crippen LogP contribution in [0, 0.1) is 5.82 Å². The highest BCUT2D eigenvalue weighted by atomic mass is 32.1. The van der Waals surface area contributed by atoms with Crippen LogP contribution in [0.3, 0.4) is 0 Å². The highest BCUT2D eigenvalue weighted by molar-refractivity contribution is 7.15. The third-order valence-electron chi connectivity index (χ3n) is 5.11. The van der Waals surface area contributed by atoms with Gasteiger partial charge in [-0.15, -0.1) is 11.3 Å². The van der Waals surface area contributed by atoms with E-state index in [2.05, 4.69) is 12.1 Å². The topological polar surface area (TPSA) is 46.5 Å². The largest absolute Gasteiger partial charge is 0.489 e. The molecule has 0 atom stereocenters. The second kappa shape index (κ2) is 8.78. The van der Waals surface area contributed by atoms with Gasteiger partial charge in [-0.3, -0.25) is 4.79 Å². The zero-order chi connectivity index (χ0) is 20.2. The zero-order valence-corrected chi connectivity index (χ0v) is 16.9. The van der Waals surface area contributed by atoms with Crippen LogP contribution in [0.25, 0.3) is 10.4 Å². The Bertz CT molecular complexity index is 990. The molecule has 0 spiro atoms. The summed E-state index contributed by atoms with van der Waals surface area (Å²) in [5.41, 5.74) is 2.93. The average Bonchev–Trinajstić information content (AvgIpc) is 3.44. The summed E-state index contributed by atoms with van der Waals surface area (Å²) in [6.45, 7) is 0.294. The average molecular weight is 411 g/mol. The first kappa shape index (κ1) is 19.6. The third-order valence-corrected chi connectivity index (χ3v) is 6.39. The molecule has 2 aromatic carbocycles. The van der Waals surface area contributed by atoms with Crippen LogP contribution >= 0.6 is 11.3 Å². The van der Waals surface area contributed by atoms with Gasteiger partial charge in [-0.2, -0.15) is 0 Å². The molecule has 0 radical (unpaired) electrons. The maximum Gasteiger partial charge on any atom is 0.303 e. The number of aryl methyl sites for hydroxylation is 1. The lowest BCUT2D eigenvalue weighted by molar-refractivity contribution is -0.137. The number of rotatable bonds is 9. The number of carbonyl (C=O) groups is 1. The molecule has 1 heterocycles. The normalized spacial score (nSPS) is 13.4. The minimum absolute atomic E-state index is 0.172. The second-order valence-electron chi connectivity index (χ2n) is 7.46. The van der Waals surface area contributed by atoms with Crippen molar-refractivity contribution in [1.29, 1.82) is 0 Å². The van der Waals surface area contributed by atoms with E-state index in [0.29, 0.717) is 24.7 Å². The molecule has 1 saturated carbocycles. The molecule has 1 N–H and O–H groups in total. The Labute approximate surface area is 173 Å². The molecule has 0 amide bonds. The molecule has 0 unspecified atom stereocenters. The molecule has 3 nitrogen and oxygen atoms in total. The summed E-state index contributed by atoms with van der Waals surface area (Å²) >= 11 is 1.79. The second-order valence-corrected chi connectivity index (χ2v) is 8.57. The van der Waals surface area contributed by atoms with Gasteiger partial charge < -0.3 is 9.84 Å². The van der Waals surface area contributed by atoms with Gasteiger partial charge in [-0.05, 0) is 79.1 Å². The molecule has 1 aromatic heterocycles. The van der Waals surface area contributed by atoms with Gasteiger partial charge in [0, 0.05) is 21.7 Å². The van der Waals surface area contributed by atoms with E-state index < -0.39 is 5.97 Å². The van der Waals surface area contributed by atoms with E-state index in [9.17, 15) is 9.18 Å². The van der Waals surface area contributed by atoms with Crippen LogP contribution in [-0.2, 0) is 17.8 Å². The molecule has 1 fully saturated rings. The Hall–Kier alpha value is -2.66. The third kappa shape index (κ3) is 5.24. The van der Waals surface area contributed by atoms with Crippen LogP contribution in [0.15, 0.2) is 54.6 Å². The molecule has 4 rings (SSSR count). The monoisotopic (exact) mass is 410 g/mol. The van der Waals surface area contributed by atoms with Gasteiger partial charge in [0.15, 0.2) is 0 Å². The fourth-order valence-corrected chi connectivity index (χ4v) is 4.60. The predicted molar refractivity (Wildman–Crippen MR) is 113 cm³/mol. The van der Waals surface area contributed by atoms with Crippen LogP contribution in [-0.4, -0.2) is 11.1 Å². The Balaban J connectivity index is 1.42. The Morgan fingerprint density at radius 1 is 1.10 bits per heavy atom. The molecular weight excluding hydrogens is 387 g/mol. The summed E-state index contributed by atoms with van der Waals surface area (Å²) < 4.78 is 19.8. The van der Waals surface area contributed by atoms with Crippen LogP contribution in [0.2, 0.25) is 0 Å². The van der Waals surface area contributed by atoms with Crippen molar-refractivity contribution >= 4 is 17.3 Å². The van der Waals surface area contributed by atoms with Gasteiger partial charge >= 0.3 is 5.97 Å². The van der Waals surface area contributed by atoms with Gasteiger partial charge in [0.05, 0.1) is 0 Å². The number of carboxylic acid groups (broad SMARTS) is 1. The summed E-state index contributed by atoms with van der Waals surface area (Å²) in [6.07, 6.45) is 4.05. The highest BCUT2D eigenvalue weighted by Crippen LogP contribution is 2.45. The Kier molecular flexibility index (Phi) is 5.95. The van der Waals surface area contributed by atoms with Crippen molar-refractivity contribution < 1.29 is 19.0 Å². The fraction of sp³-hybridized carbons (Fsp3) is 0.292. The molecule has 1 aliphatic carbocycles. The molecule has 29 heavy (non-hydrogen) atoms. The Morgan fingerprint density at radius 3 is 2.62 bits per heavy atom. The molecule has 5 heteroatoms. The highest BCUT2D eigenvalue weighted by Gasteiger charge is 2.25. The van der Waals surface area contributed by atoms with Crippen LogP contribution in [0.1, 0.15) is 47.6 Å². The molecular formula is C24H23FO3S. The lowest BCUT2D eigenvalue weighted by atomic mass is 10.1. The van der Waals surface area contributed by atoms with Crippen molar-refractivity contribution in [2.24, 2.45) is 0 Å². The fourth-order valence-electron chi connectivity index (χ4n) is 3.36. The maximum absolute atomic E-state index is 13.9. The van der Waals surface area contributed by atoms with Gasteiger partial charge in [0.2, 0.25) is 0 Å². The summed E-state index contributed by atoms with van der Waals surface area (Å²) in [5.74, 6) is 0.390. The quantitative estimate of drug-likeness (QED) is 0.443. The van der Waals surface area contributed by atoms with E-state index in [1.54, 1.807) is 17.4 Å². The molecule has 0 bridgehead atoms. The first-order valence-corrected chi connectivity index (χ1v) is 10.7. The summed E-state index contributed by atoms with van der Waals surface area (Å²) in [4.78, 5) is 13.2. The standard InChI is InChI=1S/C24H23FO3S/c25-19-8-11-21(23-13-12-22(29-23)17-6-7-17)18(14-19)15-28-20-9-4-16(5-10-20)2-1-3-24(26)27/h4-5,8-14,17H,1-3,6-7,15H2,(H,26,27). The van der Waals surface area contributed by atoms with Crippen molar-refractivity contribution in [3.8, 4) is 16.2 Å². The molecule has 150 valence electrons. The number of ether oxygens (including phenoxy) is 1. The van der Waals surface area contributed by atoms with Gasteiger partial charge in [-0.25, -0.2) is 4.39 Å². The summed E-state index contributed by atoms with van der Waals surface area (Å²) in [7, 11) is 0. The van der Waals surface area contributed by atoms with Crippen molar-refractivity contribution in [2.75, 3.05) is 0 Å². The van der Waals surface area contributed by atoms with Crippen LogP contribution < -0.4 is 4.74 Å². The lowest BCUT2D eigenvalue weighted by Crippen LogP contribution is -1.99. The van der Waals surface area contributed by atoms with Crippen LogP contribution in [0.4, 0.5) is 4.39 Å². The van der Waals surface area contributed by atoms with E-state index in [-0.39, 0.29) is 12.2 Å². The molecule has 1 aliphatic rings. The number of hydrogen-bond acceptors (Lipinski definition) is 3. The number of benzene rings is 2. The van der Waals surface area contributed by atoms with E-state index in [1.807, 2.05) is 30.3 Å². The number of carboxylic acids is 1. The number of aliphatic carboxylic acids is 1. The SMILES string of the molecule is O=C(O)CCCc1ccc(OCc2cc(F)ccc2-c2ccc(C3CC3)s2)cc1. The minimum Gasteiger partial charge on any atom is -0.489 e. The number of thiophene rings is 1. The van der Waals surface area contributed by atoms with E-state index in [0.717, 1.165) is 28.0 Å². The molecule has 0 saturated heterocycles. The predicted octanol–water partition coefficient (Wildman–Crippen LogP) is 6.42. The summed E-state index contributed by atoms with van der Waals surface area (Å²) in [5, 5.41) is 8.72. The van der Waals surface area contributed by atoms with Crippen LogP contribution in [0.5, 0.6) is 5.75 Å². The van der Waals surface area contributed by atoms with E-state index in [1.165, 1.54) is 23.8 Å².